The van der Waals surface area contributed by atoms with Crippen molar-refractivity contribution in [1.29, 1.82) is 0 Å². The van der Waals surface area contributed by atoms with Gasteiger partial charge in [0.05, 0.1) is 6.20 Å². The lowest BCUT2D eigenvalue weighted by atomic mass is 10.2. The molecule has 0 unspecified atom stereocenters. The van der Waals surface area contributed by atoms with E-state index < -0.39 is 0 Å². The largest absolute Gasteiger partial charge is 0.396 e. The number of rotatable bonds is 7. The Morgan fingerprint density at radius 3 is 3.07 bits per heavy atom. The maximum atomic E-state index is 8.67. The third kappa shape index (κ3) is 3.75. The molecule has 0 aliphatic heterocycles. The summed E-state index contributed by atoms with van der Waals surface area (Å²) in [6.07, 6.45) is 9.71. The highest BCUT2D eigenvalue weighted by Gasteiger charge is 1.97. The van der Waals surface area contributed by atoms with E-state index in [0.29, 0.717) is 0 Å². The third-order valence-corrected chi connectivity index (χ3v) is 2.11. The number of aliphatic hydroxyl groups excluding tert-OH is 1. The van der Waals surface area contributed by atoms with Gasteiger partial charge in [0.2, 0.25) is 0 Å². The summed E-state index contributed by atoms with van der Waals surface area (Å²) in [4.78, 5) is 0. The summed E-state index contributed by atoms with van der Waals surface area (Å²) in [6.45, 7) is 4.88. The van der Waals surface area contributed by atoms with Gasteiger partial charge in [0.1, 0.15) is 0 Å². The summed E-state index contributed by atoms with van der Waals surface area (Å²) < 4.78 is 1.95. The molecule has 1 heterocycles. The van der Waals surface area contributed by atoms with Crippen molar-refractivity contribution in [2.45, 2.75) is 32.2 Å². The van der Waals surface area contributed by atoms with Gasteiger partial charge < -0.3 is 5.11 Å². The van der Waals surface area contributed by atoms with Crippen molar-refractivity contribution in [3.8, 4) is 0 Å². The van der Waals surface area contributed by atoms with Gasteiger partial charge in [0.25, 0.3) is 0 Å². The number of aryl methyl sites for hydroxylation is 2. The van der Waals surface area contributed by atoms with Crippen LogP contribution in [0.5, 0.6) is 0 Å². The Morgan fingerprint density at radius 1 is 1.50 bits per heavy atom. The molecule has 1 N–H and O–H groups in total. The van der Waals surface area contributed by atoms with Crippen LogP contribution in [0.1, 0.15) is 24.8 Å². The van der Waals surface area contributed by atoms with Crippen LogP contribution >= 0.6 is 0 Å². The van der Waals surface area contributed by atoms with E-state index in [0.717, 1.165) is 32.2 Å². The van der Waals surface area contributed by atoms with Gasteiger partial charge in [0, 0.05) is 19.3 Å². The number of aliphatic hydroxyl groups is 1. The van der Waals surface area contributed by atoms with E-state index in [2.05, 4.69) is 17.9 Å². The standard InChI is InChI=1S/C11H18N2O/c1-2-3-4-7-13-10-11(9-12-13)6-5-8-14/h2,9-10,14H,1,3-8H2. The first-order valence-electron chi connectivity index (χ1n) is 5.10. The normalized spacial score (nSPS) is 10.4. The topological polar surface area (TPSA) is 38.0 Å². The number of unbranched alkanes of at least 4 members (excludes halogenated alkanes) is 1. The molecule has 3 heteroatoms. The molecule has 3 nitrogen and oxygen atoms in total. The molecule has 0 amide bonds. The zero-order valence-electron chi connectivity index (χ0n) is 8.52. The second-order valence-electron chi connectivity index (χ2n) is 3.37. The van der Waals surface area contributed by atoms with Crippen molar-refractivity contribution in [3.63, 3.8) is 0 Å². The average Bonchev–Trinajstić information content (AvgIpc) is 2.63. The maximum absolute atomic E-state index is 8.67. The van der Waals surface area contributed by atoms with E-state index in [1.807, 2.05) is 17.0 Å². The predicted octanol–water partition coefficient (Wildman–Crippen LogP) is 1.77. The monoisotopic (exact) mass is 194 g/mol. The Balaban J connectivity index is 2.31. The smallest absolute Gasteiger partial charge is 0.0521 e. The van der Waals surface area contributed by atoms with Crippen molar-refractivity contribution in [1.82, 2.24) is 9.78 Å². The number of allylic oxidation sites excluding steroid dienone is 1. The number of nitrogens with zero attached hydrogens (tertiary/aromatic N) is 2. The fourth-order valence-corrected chi connectivity index (χ4v) is 1.34. The van der Waals surface area contributed by atoms with E-state index in [1.165, 1.54) is 5.56 Å². The zero-order chi connectivity index (χ0) is 10.2. The van der Waals surface area contributed by atoms with E-state index in [1.54, 1.807) is 0 Å². The summed E-state index contributed by atoms with van der Waals surface area (Å²) in [5.74, 6) is 0. The Hall–Kier alpha value is -1.09. The predicted molar refractivity (Wildman–Crippen MR) is 57.1 cm³/mol. The van der Waals surface area contributed by atoms with E-state index in [9.17, 15) is 0 Å². The highest BCUT2D eigenvalue weighted by atomic mass is 16.2. The molecule has 1 aromatic rings. The summed E-state index contributed by atoms with van der Waals surface area (Å²) in [6, 6.07) is 0. The van der Waals surface area contributed by atoms with Crippen LogP contribution in [0.2, 0.25) is 0 Å². The lowest BCUT2D eigenvalue weighted by Crippen LogP contribution is -1.97. The third-order valence-electron chi connectivity index (χ3n) is 2.11. The molecule has 0 saturated heterocycles. The highest BCUT2D eigenvalue weighted by molar-refractivity contribution is 5.03. The van der Waals surface area contributed by atoms with Crippen molar-refractivity contribution < 1.29 is 5.11 Å². The van der Waals surface area contributed by atoms with Crippen LogP contribution in [0.3, 0.4) is 0 Å². The quantitative estimate of drug-likeness (QED) is 0.530. The van der Waals surface area contributed by atoms with Gasteiger partial charge in [0.15, 0.2) is 0 Å². The molecule has 0 aliphatic rings. The van der Waals surface area contributed by atoms with Crippen LogP contribution in [-0.4, -0.2) is 21.5 Å². The molecule has 78 valence electrons. The van der Waals surface area contributed by atoms with Gasteiger partial charge in [-0.15, -0.1) is 6.58 Å². The molecular formula is C11H18N2O. The van der Waals surface area contributed by atoms with Crippen LogP contribution in [0.15, 0.2) is 25.0 Å². The zero-order valence-corrected chi connectivity index (χ0v) is 8.52. The summed E-state index contributed by atoms with van der Waals surface area (Å²) in [7, 11) is 0. The molecule has 0 atom stereocenters. The number of aromatic nitrogens is 2. The lowest BCUT2D eigenvalue weighted by Gasteiger charge is -1.97. The highest BCUT2D eigenvalue weighted by Crippen LogP contribution is 2.03. The Morgan fingerprint density at radius 2 is 2.36 bits per heavy atom. The minimum Gasteiger partial charge on any atom is -0.396 e. The number of hydrogen-bond donors (Lipinski definition) is 1. The van der Waals surface area contributed by atoms with Gasteiger partial charge in [-0.05, 0) is 31.2 Å². The second kappa shape index (κ2) is 6.38. The van der Waals surface area contributed by atoms with E-state index in [-0.39, 0.29) is 6.61 Å². The van der Waals surface area contributed by atoms with Gasteiger partial charge in [-0.25, -0.2) is 0 Å². The fraction of sp³-hybridized carbons (Fsp3) is 0.545. The Bertz CT molecular complexity index is 268. The van der Waals surface area contributed by atoms with E-state index in [4.69, 9.17) is 5.11 Å². The van der Waals surface area contributed by atoms with Gasteiger partial charge in [-0.3, -0.25) is 4.68 Å². The molecule has 0 bridgehead atoms. The molecular weight excluding hydrogens is 176 g/mol. The first-order valence-corrected chi connectivity index (χ1v) is 5.10. The first-order chi connectivity index (χ1) is 6.86. The molecule has 0 saturated carbocycles. The summed E-state index contributed by atoms with van der Waals surface area (Å²) >= 11 is 0. The molecule has 1 rings (SSSR count). The molecule has 0 aromatic carbocycles. The van der Waals surface area contributed by atoms with Crippen LogP contribution in [0.4, 0.5) is 0 Å². The summed E-state index contributed by atoms with van der Waals surface area (Å²) in [5.41, 5.74) is 1.21. The first kappa shape index (κ1) is 11.0. The van der Waals surface area contributed by atoms with Gasteiger partial charge in [-0.2, -0.15) is 5.10 Å². The Labute approximate surface area is 85.1 Å². The van der Waals surface area contributed by atoms with E-state index >= 15 is 0 Å². The van der Waals surface area contributed by atoms with Gasteiger partial charge in [-0.1, -0.05) is 6.08 Å². The Kier molecular flexibility index (Phi) is 5.00. The van der Waals surface area contributed by atoms with Crippen molar-refractivity contribution in [2.24, 2.45) is 0 Å². The fourth-order valence-electron chi connectivity index (χ4n) is 1.34. The van der Waals surface area contributed by atoms with Crippen molar-refractivity contribution >= 4 is 0 Å². The molecule has 0 radical (unpaired) electrons. The van der Waals surface area contributed by atoms with Crippen LogP contribution in [0.25, 0.3) is 0 Å². The average molecular weight is 194 g/mol. The van der Waals surface area contributed by atoms with Crippen LogP contribution < -0.4 is 0 Å². The van der Waals surface area contributed by atoms with Crippen LogP contribution in [-0.2, 0) is 13.0 Å². The molecule has 0 spiro atoms. The van der Waals surface area contributed by atoms with Crippen molar-refractivity contribution in [2.75, 3.05) is 6.61 Å². The SMILES string of the molecule is C=CCCCn1cc(CCCO)cn1. The lowest BCUT2D eigenvalue weighted by molar-refractivity contribution is 0.288. The second-order valence-corrected chi connectivity index (χ2v) is 3.37. The number of hydrogen-bond acceptors (Lipinski definition) is 2. The molecule has 0 fully saturated rings. The molecule has 1 aromatic heterocycles. The minimum absolute atomic E-state index is 0.252. The molecule has 0 aliphatic carbocycles. The maximum Gasteiger partial charge on any atom is 0.0521 e. The van der Waals surface area contributed by atoms with Gasteiger partial charge >= 0.3 is 0 Å². The minimum atomic E-state index is 0.252. The molecule has 14 heavy (non-hydrogen) atoms. The summed E-state index contributed by atoms with van der Waals surface area (Å²) in [5, 5.41) is 12.9. The van der Waals surface area contributed by atoms with Crippen molar-refractivity contribution in [3.05, 3.63) is 30.6 Å². The van der Waals surface area contributed by atoms with Crippen LogP contribution in [0, 0.1) is 0 Å².